The van der Waals surface area contributed by atoms with Crippen LogP contribution >= 0.6 is 11.1 Å². The molecule has 0 saturated carbocycles. The number of hydrogen-bond acceptors (Lipinski definition) is 0. The normalized spacial score (nSPS) is 12.4. The summed E-state index contributed by atoms with van der Waals surface area (Å²) in [7, 11) is -0.621. The molecule has 0 bridgehead atoms. The average molecular weight is 275 g/mol. The van der Waals surface area contributed by atoms with E-state index in [-0.39, 0.29) is 5.04 Å². The fraction of sp³-hybridized carbons (Fsp3) is 0.250. The van der Waals surface area contributed by atoms with Crippen molar-refractivity contribution in [2.75, 3.05) is 0 Å². The van der Waals surface area contributed by atoms with Crippen molar-refractivity contribution in [3.63, 3.8) is 0 Å². The van der Waals surface area contributed by atoms with Crippen molar-refractivity contribution >= 4 is 19.9 Å². The second-order valence-corrected chi connectivity index (χ2v) is 8.27. The van der Waals surface area contributed by atoms with Gasteiger partial charge in [-0.25, -0.2) is 0 Å². The number of halogens is 1. The first-order chi connectivity index (χ1) is 8.65. The van der Waals surface area contributed by atoms with E-state index in [2.05, 4.69) is 74.5 Å². The van der Waals surface area contributed by atoms with E-state index in [0.29, 0.717) is 5.92 Å². The van der Waals surface area contributed by atoms with Gasteiger partial charge in [-0.3, -0.25) is 0 Å². The zero-order valence-corrected chi connectivity index (χ0v) is 13.1. The third kappa shape index (κ3) is 2.85. The van der Waals surface area contributed by atoms with Gasteiger partial charge in [0.05, 0.1) is 0 Å². The predicted molar refractivity (Wildman–Crippen MR) is 83.2 cm³/mol. The summed E-state index contributed by atoms with van der Waals surface area (Å²) < 4.78 is 0. The highest BCUT2D eigenvalue weighted by Crippen LogP contribution is 2.46. The van der Waals surface area contributed by atoms with Crippen LogP contribution in [0.25, 0.3) is 0 Å². The Labute approximate surface area is 117 Å². The topological polar surface area (TPSA) is 0 Å². The van der Waals surface area contributed by atoms with Crippen molar-refractivity contribution in [2.45, 2.75) is 24.8 Å². The van der Waals surface area contributed by atoms with Crippen molar-refractivity contribution in [3.05, 3.63) is 71.8 Å². The third-order valence-corrected chi connectivity index (χ3v) is 6.56. The Bertz CT molecular complexity index is 439. The minimum atomic E-state index is -0.621. The van der Waals surface area contributed by atoms with Gasteiger partial charge in [0, 0.05) is 5.92 Å². The summed E-state index contributed by atoms with van der Waals surface area (Å²) in [5, 5.41) is 0.171. The lowest BCUT2D eigenvalue weighted by Gasteiger charge is -2.33. The fourth-order valence-electron chi connectivity index (χ4n) is 2.46. The molecule has 0 saturated heterocycles. The van der Waals surface area contributed by atoms with E-state index < -0.39 is 8.83 Å². The van der Waals surface area contributed by atoms with E-state index in [1.165, 1.54) is 11.1 Å². The summed E-state index contributed by atoms with van der Waals surface area (Å²) in [5.41, 5.74) is 2.73. The van der Waals surface area contributed by atoms with Gasteiger partial charge in [0.1, 0.15) is 8.83 Å². The van der Waals surface area contributed by atoms with Crippen LogP contribution in [-0.2, 0) is 0 Å². The first kappa shape index (κ1) is 13.4. The van der Waals surface area contributed by atoms with Crippen molar-refractivity contribution in [3.8, 4) is 0 Å². The van der Waals surface area contributed by atoms with Gasteiger partial charge < -0.3 is 0 Å². The lowest BCUT2D eigenvalue weighted by Crippen LogP contribution is -2.20. The smallest absolute Gasteiger partial charge is 0.131 e. The Morgan fingerprint density at radius 1 is 0.833 bits per heavy atom. The van der Waals surface area contributed by atoms with Crippen LogP contribution < -0.4 is 0 Å². The standard InChI is InChI=1S/C16H19ClSi/c1-16(2,18-17)15(13-9-5-3-6-10-13)14-11-7-4-8-12-14/h3-12,15H,18H2,1-2H3. The molecule has 0 amide bonds. The fourth-order valence-corrected chi connectivity index (χ4v) is 3.55. The van der Waals surface area contributed by atoms with Crippen LogP contribution in [0.2, 0.25) is 5.04 Å². The van der Waals surface area contributed by atoms with Crippen molar-refractivity contribution in [1.29, 1.82) is 0 Å². The lowest BCUT2D eigenvalue weighted by molar-refractivity contribution is 0.587. The SMILES string of the molecule is CC(C)([SiH2]Cl)C(c1ccccc1)c1ccccc1. The zero-order valence-electron chi connectivity index (χ0n) is 10.9. The van der Waals surface area contributed by atoms with Gasteiger partial charge >= 0.3 is 0 Å². The van der Waals surface area contributed by atoms with E-state index in [0.717, 1.165) is 0 Å². The molecule has 94 valence electrons. The molecule has 0 heterocycles. The molecule has 0 N–H and O–H groups in total. The molecule has 0 unspecified atom stereocenters. The number of rotatable bonds is 4. The summed E-state index contributed by atoms with van der Waals surface area (Å²) in [6.07, 6.45) is 0. The van der Waals surface area contributed by atoms with Crippen LogP contribution in [0.4, 0.5) is 0 Å². The minimum absolute atomic E-state index is 0.171. The molecule has 0 fully saturated rings. The van der Waals surface area contributed by atoms with Gasteiger partial charge in [0.2, 0.25) is 0 Å². The summed E-state index contributed by atoms with van der Waals surface area (Å²) in [4.78, 5) is 0. The highest BCUT2D eigenvalue weighted by molar-refractivity contribution is 6.95. The third-order valence-electron chi connectivity index (χ3n) is 3.39. The number of hydrogen-bond donors (Lipinski definition) is 0. The van der Waals surface area contributed by atoms with Crippen LogP contribution in [0.15, 0.2) is 60.7 Å². The number of benzene rings is 2. The van der Waals surface area contributed by atoms with Gasteiger partial charge in [-0.2, -0.15) is 11.1 Å². The first-order valence-corrected chi connectivity index (χ1v) is 9.15. The van der Waals surface area contributed by atoms with E-state index in [4.69, 9.17) is 11.1 Å². The van der Waals surface area contributed by atoms with Crippen molar-refractivity contribution in [2.24, 2.45) is 0 Å². The monoisotopic (exact) mass is 274 g/mol. The van der Waals surface area contributed by atoms with Gasteiger partial charge in [0.25, 0.3) is 0 Å². The summed E-state index contributed by atoms with van der Waals surface area (Å²) in [5.74, 6) is 0.393. The average Bonchev–Trinajstić information content (AvgIpc) is 2.41. The second-order valence-electron chi connectivity index (χ2n) is 5.38. The summed E-state index contributed by atoms with van der Waals surface area (Å²) >= 11 is 6.33. The molecule has 2 aromatic rings. The molecule has 0 aliphatic heterocycles. The molecule has 0 atom stereocenters. The van der Waals surface area contributed by atoms with Crippen LogP contribution in [0.1, 0.15) is 30.9 Å². The molecule has 0 spiro atoms. The molecular weight excluding hydrogens is 256 g/mol. The van der Waals surface area contributed by atoms with Gasteiger partial charge in [-0.05, 0) is 16.2 Å². The Kier molecular flexibility index (Phi) is 4.26. The molecule has 18 heavy (non-hydrogen) atoms. The molecule has 0 aromatic heterocycles. The van der Waals surface area contributed by atoms with Crippen molar-refractivity contribution in [1.82, 2.24) is 0 Å². The zero-order chi connectivity index (χ0) is 13.0. The quantitative estimate of drug-likeness (QED) is 0.575. The molecular formula is C16H19ClSi. The Morgan fingerprint density at radius 2 is 1.22 bits per heavy atom. The molecule has 0 nitrogen and oxygen atoms in total. The first-order valence-electron chi connectivity index (χ1n) is 6.31. The van der Waals surface area contributed by atoms with Gasteiger partial charge in [-0.1, -0.05) is 74.5 Å². The Hall–Kier alpha value is -1.05. The second kappa shape index (κ2) is 5.72. The maximum absolute atomic E-state index is 6.33. The Balaban J connectivity index is 2.49. The molecule has 2 aromatic carbocycles. The molecule has 0 aliphatic rings. The minimum Gasteiger partial charge on any atom is -0.176 e. The van der Waals surface area contributed by atoms with Crippen LogP contribution in [-0.4, -0.2) is 8.83 Å². The summed E-state index contributed by atoms with van der Waals surface area (Å²) in [6, 6.07) is 21.4. The molecule has 2 rings (SSSR count). The Morgan fingerprint density at radius 3 is 1.56 bits per heavy atom. The van der Waals surface area contributed by atoms with E-state index in [1.807, 2.05) is 0 Å². The highest BCUT2D eigenvalue weighted by atomic mass is 35.6. The van der Waals surface area contributed by atoms with Gasteiger partial charge in [0.15, 0.2) is 0 Å². The summed E-state index contributed by atoms with van der Waals surface area (Å²) in [6.45, 7) is 4.58. The lowest BCUT2D eigenvalue weighted by atomic mass is 9.82. The maximum Gasteiger partial charge on any atom is 0.131 e. The predicted octanol–water partition coefficient (Wildman–Crippen LogP) is 4.34. The van der Waals surface area contributed by atoms with E-state index >= 15 is 0 Å². The molecule has 0 aliphatic carbocycles. The van der Waals surface area contributed by atoms with Crippen molar-refractivity contribution < 1.29 is 0 Å². The largest absolute Gasteiger partial charge is 0.176 e. The van der Waals surface area contributed by atoms with Gasteiger partial charge in [-0.15, -0.1) is 0 Å². The molecule has 0 radical (unpaired) electrons. The van der Waals surface area contributed by atoms with Crippen LogP contribution in [0.5, 0.6) is 0 Å². The molecule has 2 heteroatoms. The maximum atomic E-state index is 6.33. The van der Waals surface area contributed by atoms with Crippen LogP contribution in [0.3, 0.4) is 0 Å². The van der Waals surface area contributed by atoms with E-state index in [1.54, 1.807) is 0 Å². The van der Waals surface area contributed by atoms with E-state index in [9.17, 15) is 0 Å². The van der Waals surface area contributed by atoms with Crippen LogP contribution in [0, 0.1) is 0 Å². The highest BCUT2D eigenvalue weighted by Gasteiger charge is 2.31.